The highest BCUT2D eigenvalue weighted by Crippen LogP contribution is 2.37. The van der Waals surface area contributed by atoms with Crippen LogP contribution in [0.25, 0.3) is 50.2 Å². The second-order valence-electron chi connectivity index (χ2n) is 14.1. The molecule has 1 fully saturated rings. The molecule has 0 spiro atoms. The topological polar surface area (TPSA) is 150 Å². The minimum atomic E-state index is -0.448. The summed E-state index contributed by atoms with van der Waals surface area (Å²) in [6.45, 7) is 7.21. The number of fused-ring (bicyclic) bond motifs is 5. The molecule has 0 radical (unpaired) electrons. The molecule has 3 aromatic carbocycles. The van der Waals surface area contributed by atoms with Crippen molar-refractivity contribution in [2.45, 2.75) is 32.9 Å². The van der Waals surface area contributed by atoms with Crippen molar-refractivity contribution >= 4 is 39.2 Å². The molecule has 0 bridgehead atoms. The Hall–Kier alpha value is -6.60. The molecule has 13 nitrogen and oxygen atoms in total. The fourth-order valence-corrected chi connectivity index (χ4v) is 7.40. The van der Waals surface area contributed by atoms with Crippen LogP contribution in [0.15, 0.2) is 96.2 Å². The number of rotatable bonds is 6. The summed E-state index contributed by atoms with van der Waals surface area (Å²) in [6.07, 6.45) is 5.17. The van der Waals surface area contributed by atoms with Crippen molar-refractivity contribution in [1.29, 1.82) is 0 Å². The van der Waals surface area contributed by atoms with E-state index in [9.17, 15) is 19.8 Å². The molecule has 6 heterocycles. The quantitative estimate of drug-likeness (QED) is 0.175. The van der Waals surface area contributed by atoms with Crippen LogP contribution in [0.1, 0.15) is 42.0 Å². The lowest BCUT2D eigenvalue weighted by Gasteiger charge is -2.34. The summed E-state index contributed by atoms with van der Waals surface area (Å²) < 4.78 is 15.1. The van der Waals surface area contributed by atoms with Gasteiger partial charge >= 0.3 is 11.8 Å². The summed E-state index contributed by atoms with van der Waals surface area (Å²) in [7, 11) is 0. The van der Waals surface area contributed by atoms with Gasteiger partial charge in [0.15, 0.2) is 11.6 Å². The molecule has 7 aromatic rings. The van der Waals surface area contributed by atoms with Gasteiger partial charge in [0.25, 0.3) is 0 Å². The molecular formula is C41H37N7O6. The fraction of sp³-hybridized carbons (Fsp3) is 0.220. The Kier molecular flexibility index (Phi) is 8.07. The van der Waals surface area contributed by atoms with Crippen LogP contribution in [0.3, 0.4) is 0 Å². The number of piperazine rings is 1. The van der Waals surface area contributed by atoms with E-state index in [0.717, 1.165) is 44.0 Å². The molecule has 2 aliphatic rings. The molecule has 0 aliphatic carbocycles. The van der Waals surface area contributed by atoms with Crippen molar-refractivity contribution in [1.82, 2.24) is 33.9 Å². The summed E-state index contributed by atoms with van der Waals surface area (Å²) >= 11 is 0. The standard InChI is InChI=1S/C41H37N7O6/c1-24(2)30-16-32(36(50)18-35(30)49)39-43-44-40(51)48(39)29-9-7-25(8-10-29)19-45-11-13-46(14-12-45)41(52)54-37-23-53-22-28-21-47-20-27-15-26-5-3-4-6-33(26)42-38(27)34(47)17-31(28)37/h3-10,15-18,20-21,23-24,49-50H,11-14,19,22H2,1-2H3,(H,44,51). The highest BCUT2D eigenvalue weighted by Gasteiger charge is 2.27. The molecular weight excluding hydrogens is 686 g/mol. The SMILES string of the molecule is CC(C)c1cc(-c2n[nH]c(=O)n2-c2ccc(CN3CCN(C(=O)OC4=COCc5cn6cc7cc8ccccc8nc7c6cc54)CC3)cc2)c(O)cc1O. The number of H-pyrrole nitrogens is 1. The van der Waals surface area contributed by atoms with Crippen LogP contribution in [-0.2, 0) is 22.6 Å². The van der Waals surface area contributed by atoms with E-state index in [1.807, 2.05) is 68.6 Å². The third kappa shape index (κ3) is 5.88. The van der Waals surface area contributed by atoms with Crippen molar-refractivity contribution in [3.8, 4) is 28.6 Å². The monoisotopic (exact) mass is 723 g/mol. The number of para-hydroxylation sites is 1. The van der Waals surface area contributed by atoms with E-state index in [2.05, 4.69) is 37.8 Å². The van der Waals surface area contributed by atoms with E-state index in [-0.39, 0.29) is 23.2 Å². The van der Waals surface area contributed by atoms with Crippen LogP contribution in [0, 0.1) is 0 Å². The van der Waals surface area contributed by atoms with Gasteiger partial charge in [0.05, 0.1) is 27.8 Å². The van der Waals surface area contributed by atoms with E-state index in [1.54, 1.807) is 11.0 Å². The Morgan fingerprint density at radius 2 is 1.72 bits per heavy atom. The van der Waals surface area contributed by atoms with Crippen molar-refractivity contribution < 1.29 is 24.5 Å². The number of pyridine rings is 2. The van der Waals surface area contributed by atoms with Gasteiger partial charge in [-0.05, 0) is 53.4 Å². The van der Waals surface area contributed by atoms with E-state index in [4.69, 9.17) is 14.5 Å². The molecule has 9 rings (SSSR count). The number of hydrogen-bond acceptors (Lipinski definition) is 9. The number of nitrogens with zero attached hydrogens (tertiary/aromatic N) is 6. The van der Waals surface area contributed by atoms with E-state index >= 15 is 0 Å². The van der Waals surface area contributed by atoms with Gasteiger partial charge in [0, 0.05) is 73.1 Å². The molecule has 272 valence electrons. The largest absolute Gasteiger partial charge is 0.508 e. The van der Waals surface area contributed by atoms with Gasteiger partial charge in [-0.15, -0.1) is 0 Å². The number of benzene rings is 3. The smallest absolute Gasteiger partial charge is 0.415 e. The van der Waals surface area contributed by atoms with Crippen LogP contribution in [0.4, 0.5) is 4.79 Å². The number of aromatic amines is 1. The lowest BCUT2D eigenvalue weighted by molar-refractivity contribution is 0.0994. The molecule has 0 unspecified atom stereocenters. The number of hydrogen-bond donors (Lipinski definition) is 3. The second-order valence-corrected chi connectivity index (χ2v) is 14.1. The number of carbonyl (C=O) groups is 1. The van der Waals surface area contributed by atoms with Crippen LogP contribution in [0.2, 0.25) is 0 Å². The first kappa shape index (κ1) is 33.3. The van der Waals surface area contributed by atoms with Gasteiger partial charge in [-0.3, -0.25) is 4.90 Å². The van der Waals surface area contributed by atoms with Gasteiger partial charge in [0.1, 0.15) is 24.4 Å². The maximum absolute atomic E-state index is 13.4. The predicted octanol–water partition coefficient (Wildman–Crippen LogP) is 6.50. The Balaban J connectivity index is 0.859. The van der Waals surface area contributed by atoms with Gasteiger partial charge in [0.2, 0.25) is 0 Å². The zero-order valence-corrected chi connectivity index (χ0v) is 29.7. The lowest BCUT2D eigenvalue weighted by Crippen LogP contribution is -2.48. The van der Waals surface area contributed by atoms with Gasteiger partial charge in [-0.1, -0.05) is 44.2 Å². The van der Waals surface area contributed by atoms with E-state index < -0.39 is 11.8 Å². The van der Waals surface area contributed by atoms with Crippen molar-refractivity contribution in [3.63, 3.8) is 0 Å². The first-order valence-corrected chi connectivity index (χ1v) is 17.9. The van der Waals surface area contributed by atoms with Crippen molar-refractivity contribution in [2.75, 3.05) is 26.2 Å². The number of nitrogens with one attached hydrogen (secondary N) is 1. The van der Waals surface area contributed by atoms with Crippen LogP contribution in [-0.4, -0.2) is 76.4 Å². The summed E-state index contributed by atoms with van der Waals surface area (Å²) in [5, 5.41) is 29.7. The molecule has 1 saturated heterocycles. The average molecular weight is 724 g/mol. The predicted molar refractivity (Wildman–Crippen MR) is 203 cm³/mol. The first-order chi connectivity index (χ1) is 26.2. The Labute approximate surface area is 308 Å². The lowest BCUT2D eigenvalue weighted by atomic mass is 9.98. The molecule has 1 amide bonds. The average Bonchev–Trinajstić information content (AvgIpc) is 3.72. The number of phenols is 2. The number of aromatic hydroxyl groups is 2. The summed E-state index contributed by atoms with van der Waals surface area (Å²) in [4.78, 5) is 35.2. The van der Waals surface area contributed by atoms with Crippen LogP contribution in [0.5, 0.6) is 11.5 Å². The van der Waals surface area contributed by atoms with Crippen LogP contribution >= 0.6 is 0 Å². The highest BCUT2D eigenvalue weighted by molar-refractivity contribution is 6.01. The minimum Gasteiger partial charge on any atom is -0.508 e. The summed E-state index contributed by atoms with van der Waals surface area (Å²) in [6, 6.07) is 22.7. The number of amides is 1. The third-order valence-corrected chi connectivity index (χ3v) is 10.3. The zero-order chi connectivity index (χ0) is 37.1. The highest BCUT2D eigenvalue weighted by atomic mass is 16.6. The molecule has 4 aromatic heterocycles. The van der Waals surface area contributed by atoms with Gasteiger partial charge in [-0.2, -0.15) is 5.10 Å². The van der Waals surface area contributed by atoms with Crippen LogP contribution < -0.4 is 5.69 Å². The number of carbonyl (C=O) groups excluding carboxylic acids is 1. The number of aromatic nitrogens is 5. The van der Waals surface area contributed by atoms with E-state index in [0.29, 0.717) is 61.9 Å². The molecule has 0 atom stereocenters. The summed E-state index contributed by atoms with van der Waals surface area (Å²) in [5.41, 5.74) is 6.60. The molecule has 13 heteroatoms. The van der Waals surface area contributed by atoms with Gasteiger partial charge < -0.3 is 29.0 Å². The zero-order valence-electron chi connectivity index (χ0n) is 29.7. The van der Waals surface area contributed by atoms with E-state index in [1.165, 1.54) is 16.9 Å². The Bertz CT molecular complexity index is 2680. The van der Waals surface area contributed by atoms with Crippen molar-refractivity contribution in [3.05, 3.63) is 124 Å². The Morgan fingerprint density at radius 1 is 0.926 bits per heavy atom. The second kappa shape index (κ2) is 13.1. The maximum Gasteiger partial charge on any atom is 0.415 e. The third-order valence-electron chi connectivity index (χ3n) is 10.3. The van der Waals surface area contributed by atoms with Gasteiger partial charge in [-0.25, -0.2) is 24.2 Å². The maximum atomic E-state index is 13.4. The number of phenolic OH excluding ortho intramolecular Hbond substituents is 2. The number of ether oxygens (including phenoxy) is 2. The normalized spacial score (nSPS) is 14.8. The molecule has 0 saturated carbocycles. The Morgan fingerprint density at radius 3 is 2.52 bits per heavy atom. The summed E-state index contributed by atoms with van der Waals surface area (Å²) in [5.74, 6) is 0.423. The first-order valence-electron chi connectivity index (χ1n) is 17.9. The molecule has 2 aliphatic heterocycles. The molecule has 54 heavy (non-hydrogen) atoms. The molecule has 3 N–H and O–H groups in total. The minimum absolute atomic E-state index is 0.00505. The van der Waals surface area contributed by atoms with Crippen molar-refractivity contribution in [2.24, 2.45) is 0 Å². The fourth-order valence-electron chi connectivity index (χ4n) is 7.40.